The summed E-state index contributed by atoms with van der Waals surface area (Å²) >= 11 is 0. The smallest absolute Gasteiger partial charge is 0.367 e. The standard InChI is InChI=1S/C13H19F3N4/c1-20(2)12(7-3-4-8-12)9-17-11-6-5-10(18-19-11)13(14,15)16/h5-6H,3-4,7-9H2,1-2H3,(H,17,19). The maximum Gasteiger partial charge on any atom is 0.435 e. The van der Waals surface area contributed by atoms with Gasteiger partial charge in [0.05, 0.1) is 0 Å². The van der Waals surface area contributed by atoms with Gasteiger partial charge in [0.15, 0.2) is 5.69 Å². The second-order valence-corrected chi connectivity index (χ2v) is 5.48. The van der Waals surface area contributed by atoms with Gasteiger partial charge in [-0.05, 0) is 39.1 Å². The van der Waals surface area contributed by atoms with Crippen LogP contribution in [-0.4, -0.2) is 41.3 Å². The Morgan fingerprint density at radius 1 is 1.20 bits per heavy atom. The molecule has 1 saturated carbocycles. The van der Waals surface area contributed by atoms with Crippen molar-refractivity contribution in [3.8, 4) is 0 Å². The number of alkyl halides is 3. The van der Waals surface area contributed by atoms with E-state index in [1.807, 2.05) is 14.1 Å². The molecule has 1 heterocycles. The van der Waals surface area contributed by atoms with Gasteiger partial charge in [-0.25, -0.2) is 0 Å². The van der Waals surface area contributed by atoms with Gasteiger partial charge in [0.1, 0.15) is 5.82 Å². The van der Waals surface area contributed by atoms with E-state index in [4.69, 9.17) is 0 Å². The van der Waals surface area contributed by atoms with Gasteiger partial charge in [-0.1, -0.05) is 12.8 Å². The van der Waals surface area contributed by atoms with Crippen LogP contribution < -0.4 is 5.32 Å². The Morgan fingerprint density at radius 3 is 2.30 bits per heavy atom. The van der Waals surface area contributed by atoms with Crippen LogP contribution >= 0.6 is 0 Å². The molecule has 1 aromatic rings. The number of halogens is 3. The van der Waals surface area contributed by atoms with E-state index in [0.29, 0.717) is 12.4 Å². The molecular formula is C13H19F3N4. The molecule has 20 heavy (non-hydrogen) atoms. The molecule has 1 aromatic heterocycles. The van der Waals surface area contributed by atoms with Crippen molar-refractivity contribution in [2.75, 3.05) is 26.0 Å². The Morgan fingerprint density at radius 2 is 1.85 bits per heavy atom. The summed E-state index contributed by atoms with van der Waals surface area (Å²) in [5.41, 5.74) is -0.907. The molecule has 0 saturated heterocycles. The Balaban J connectivity index is 2.00. The Labute approximate surface area is 116 Å². The number of anilines is 1. The zero-order chi connectivity index (χ0) is 14.8. The van der Waals surface area contributed by atoms with Crippen molar-refractivity contribution in [3.05, 3.63) is 17.8 Å². The monoisotopic (exact) mass is 288 g/mol. The van der Waals surface area contributed by atoms with Crippen LogP contribution in [0.3, 0.4) is 0 Å². The molecule has 0 bridgehead atoms. The molecule has 0 unspecified atom stereocenters. The zero-order valence-corrected chi connectivity index (χ0v) is 11.7. The highest BCUT2D eigenvalue weighted by atomic mass is 19.4. The predicted molar refractivity (Wildman–Crippen MR) is 70.4 cm³/mol. The van der Waals surface area contributed by atoms with Gasteiger partial charge in [-0.3, -0.25) is 0 Å². The molecule has 1 fully saturated rings. The molecule has 0 amide bonds. The van der Waals surface area contributed by atoms with Gasteiger partial charge in [0.25, 0.3) is 0 Å². The second kappa shape index (κ2) is 5.55. The first-order valence-corrected chi connectivity index (χ1v) is 6.66. The third kappa shape index (κ3) is 3.20. The minimum absolute atomic E-state index is 0.0599. The van der Waals surface area contributed by atoms with E-state index in [-0.39, 0.29) is 5.54 Å². The molecule has 1 aliphatic rings. The summed E-state index contributed by atoms with van der Waals surface area (Å²) in [4.78, 5) is 2.19. The normalized spacial score (nSPS) is 18.5. The number of aromatic nitrogens is 2. The molecule has 4 nitrogen and oxygen atoms in total. The van der Waals surface area contributed by atoms with Crippen molar-refractivity contribution in [1.82, 2.24) is 15.1 Å². The number of hydrogen-bond donors (Lipinski definition) is 1. The maximum atomic E-state index is 12.4. The van der Waals surface area contributed by atoms with Gasteiger partial charge in [0.2, 0.25) is 0 Å². The summed E-state index contributed by atoms with van der Waals surface area (Å²) in [7, 11) is 4.07. The van der Waals surface area contributed by atoms with E-state index in [2.05, 4.69) is 20.4 Å². The van der Waals surface area contributed by atoms with Crippen LogP contribution in [0, 0.1) is 0 Å². The minimum Gasteiger partial charge on any atom is -0.367 e. The number of nitrogens with zero attached hydrogens (tertiary/aromatic N) is 3. The van der Waals surface area contributed by atoms with Crippen LogP contribution in [-0.2, 0) is 6.18 Å². The van der Waals surface area contributed by atoms with Crippen molar-refractivity contribution in [2.24, 2.45) is 0 Å². The van der Waals surface area contributed by atoms with E-state index in [0.717, 1.165) is 18.9 Å². The second-order valence-electron chi connectivity index (χ2n) is 5.48. The van der Waals surface area contributed by atoms with E-state index in [9.17, 15) is 13.2 Å². The quantitative estimate of drug-likeness (QED) is 0.925. The first kappa shape index (κ1) is 15.0. The minimum atomic E-state index is -4.44. The highest BCUT2D eigenvalue weighted by Gasteiger charge is 2.36. The molecule has 2 rings (SSSR count). The van der Waals surface area contributed by atoms with Crippen molar-refractivity contribution in [3.63, 3.8) is 0 Å². The highest BCUT2D eigenvalue weighted by Crippen LogP contribution is 2.34. The molecule has 0 aliphatic heterocycles. The summed E-state index contributed by atoms with van der Waals surface area (Å²) in [5, 5.41) is 9.91. The number of nitrogens with one attached hydrogen (secondary N) is 1. The van der Waals surface area contributed by atoms with E-state index in [1.165, 1.54) is 18.9 Å². The van der Waals surface area contributed by atoms with Crippen LogP contribution in [0.15, 0.2) is 12.1 Å². The topological polar surface area (TPSA) is 41.0 Å². The van der Waals surface area contributed by atoms with Crippen LogP contribution in [0.1, 0.15) is 31.4 Å². The molecule has 0 aromatic carbocycles. The molecule has 1 aliphatic carbocycles. The molecule has 112 valence electrons. The predicted octanol–water partition coefficient (Wildman–Crippen LogP) is 2.78. The lowest BCUT2D eigenvalue weighted by Crippen LogP contribution is -2.47. The lowest BCUT2D eigenvalue weighted by atomic mass is 9.96. The SMILES string of the molecule is CN(C)C1(CNc2ccc(C(F)(F)F)nn2)CCCC1. The van der Waals surface area contributed by atoms with Crippen LogP contribution in [0.5, 0.6) is 0 Å². The largest absolute Gasteiger partial charge is 0.435 e. The van der Waals surface area contributed by atoms with E-state index in [1.54, 1.807) is 0 Å². The third-order valence-corrected chi connectivity index (χ3v) is 4.04. The van der Waals surface area contributed by atoms with E-state index >= 15 is 0 Å². The lowest BCUT2D eigenvalue weighted by molar-refractivity contribution is -0.141. The highest BCUT2D eigenvalue weighted by molar-refractivity contribution is 5.34. The fourth-order valence-corrected chi connectivity index (χ4v) is 2.65. The molecule has 0 spiro atoms. The van der Waals surface area contributed by atoms with Crippen molar-refractivity contribution in [1.29, 1.82) is 0 Å². The Hall–Kier alpha value is -1.37. The van der Waals surface area contributed by atoms with Crippen LogP contribution in [0.2, 0.25) is 0 Å². The third-order valence-electron chi connectivity index (χ3n) is 4.04. The average Bonchev–Trinajstić information content (AvgIpc) is 2.86. The van der Waals surface area contributed by atoms with Crippen molar-refractivity contribution in [2.45, 2.75) is 37.4 Å². The summed E-state index contributed by atoms with van der Waals surface area (Å²) in [6.07, 6.45) is 0.0844. The van der Waals surface area contributed by atoms with Gasteiger partial charge >= 0.3 is 6.18 Å². The van der Waals surface area contributed by atoms with Gasteiger partial charge in [-0.15, -0.1) is 10.2 Å². The van der Waals surface area contributed by atoms with Crippen LogP contribution in [0.4, 0.5) is 19.0 Å². The van der Waals surface area contributed by atoms with Crippen molar-refractivity contribution < 1.29 is 13.2 Å². The van der Waals surface area contributed by atoms with E-state index < -0.39 is 11.9 Å². The Kier molecular flexibility index (Phi) is 4.17. The van der Waals surface area contributed by atoms with Gasteiger partial charge in [0, 0.05) is 12.1 Å². The Bertz CT molecular complexity index is 436. The summed E-state index contributed by atoms with van der Waals surface area (Å²) in [6, 6.07) is 2.28. The van der Waals surface area contributed by atoms with Crippen LogP contribution in [0.25, 0.3) is 0 Å². The molecular weight excluding hydrogens is 269 g/mol. The molecule has 1 N–H and O–H groups in total. The summed E-state index contributed by atoms with van der Waals surface area (Å²) < 4.78 is 37.2. The molecule has 7 heteroatoms. The number of likely N-dealkylation sites (N-methyl/N-ethyl adjacent to an activating group) is 1. The fraction of sp³-hybridized carbons (Fsp3) is 0.692. The maximum absolute atomic E-state index is 12.4. The number of rotatable bonds is 4. The van der Waals surface area contributed by atoms with Gasteiger partial charge in [-0.2, -0.15) is 13.2 Å². The fourth-order valence-electron chi connectivity index (χ4n) is 2.65. The lowest BCUT2D eigenvalue weighted by Gasteiger charge is -2.36. The first-order valence-electron chi connectivity index (χ1n) is 6.66. The number of hydrogen-bond acceptors (Lipinski definition) is 4. The zero-order valence-electron chi connectivity index (χ0n) is 11.7. The first-order chi connectivity index (χ1) is 9.33. The van der Waals surface area contributed by atoms with Gasteiger partial charge < -0.3 is 10.2 Å². The summed E-state index contributed by atoms with van der Waals surface area (Å²) in [5.74, 6) is 0.381. The molecule has 0 radical (unpaired) electrons. The molecule has 0 atom stereocenters. The van der Waals surface area contributed by atoms with Crippen molar-refractivity contribution >= 4 is 5.82 Å². The summed E-state index contributed by atoms with van der Waals surface area (Å²) in [6.45, 7) is 0.667. The average molecular weight is 288 g/mol.